The third-order valence-corrected chi connectivity index (χ3v) is 11.1. The summed E-state index contributed by atoms with van der Waals surface area (Å²) in [6.07, 6.45) is 0. The van der Waals surface area contributed by atoms with E-state index in [9.17, 15) is 0 Å². The minimum atomic E-state index is 0.623. The topological polar surface area (TPSA) is 42.2 Å². The first kappa shape index (κ1) is 33.5. The van der Waals surface area contributed by atoms with Crippen LogP contribution >= 0.6 is 0 Å². The van der Waals surface area contributed by atoms with Gasteiger partial charge in [-0.25, -0.2) is 9.97 Å². The molecule has 0 N–H and O–H groups in total. The first-order valence-electron chi connectivity index (χ1n) is 19.6. The van der Waals surface area contributed by atoms with E-state index >= 15 is 0 Å². The largest absolute Gasteiger partial charge is 0.453 e. The van der Waals surface area contributed by atoms with E-state index < -0.39 is 0 Å². The number of rotatable bonds is 7. The van der Waals surface area contributed by atoms with Crippen LogP contribution in [0.4, 0.5) is 17.1 Å². The highest BCUT2D eigenvalue weighted by molar-refractivity contribution is 6.24. The minimum Gasteiger partial charge on any atom is -0.453 e. The van der Waals surface area contributed by atoms with Gasteiger partial charge in [0, 0.05) is 33.1 Å². The van der Waals surface area contributed by atoms with Crippen molar-refractivity contribution in [3.8, 4) is 44.9 Å². The molecule has 0 atom stereocenters. The Balaban J connectivity index is 1.16. The number of hydrogen-bond donors (Lipinski definition) is 0. The molecule has 272 valence electrons. The molecule has 58 heavy (non-hydrogen) atoms. The van der Waals surface area contributed by atoms with Gasteiger partial charge in [-0.1, -0.05) is 170 Å². The van der Waals surface area contributed by atoms with Gasteiger partial charge in [-0.05, 0) is 75.5 Å². The predicted molar refractivity (Wildman–Crippen MR) is 241 cm³/mol. The van der Waals surface area contributed by atoms with Crippen molar-refractivity contribution >= 4 is 60.7 Å². The quantitative estimate of drug-likeness (QED) is 0.163. The molecular formula is C54H35N3O. The van der Waals surface area contributed by atoms with Gasteiger partial charge >= 0.3 is 0 Å². The molecule has 0 bridgehead atoms. The summed E-state index contributed by atoms with van der Waals surface area (Å²) in [4.78, 5) is 12.7. The molecule has 2 aromatic heterocycles. The van der Waals surface area contributed by atoms with Crippen LogP contribution in [0.15, 0.2) is 217 Å². The fraction of sp³-hybridized carbons (Fsp3) is 0. The van der Waals surface area contributed by atoms with Crippen molar-refractivity contribution in [2.75, 3.05) is 4.90 Å². The summed E-state index contributed by atoms with van der Waals surface area (Å²) in [6.45, 7) is 0. The summed E-state index contributed by atoms with van der Waals surface area (Å²) in [5.74, 6) is 0.623. The predicted octanol–water partition coefficient (Wildman–Crippen LogP) is 14.8. The van der Waals surface area contributed by atoms with E-state index in [1.54, 1.807) is 0 Å². The van der Waals surface area contributed by atoms with Gasteiger partial charge in [0.15, 0.2) is 11.4 Å². The molecule has 0 saturated heterocycles. The maximum Gasteiger partial charge on any atom is 0.164 e. The van der Waals surface area contributed by atoms with E-state index in [2.05, 4.69) is 199 Å². The highest BCUT2D eigenvalue weighted by Crippen LogP contribution is 2.47. The van der Waals surface area contributed by atoms with Gasteiger partial charge in [0.1, 0.15) is 5.58 Å². The molecule has 0 aliphatic carbocycles. The van der Waals surface area contributed by atoms with E-state index in [-0.39, 0.29) is 0 Å². The normalized spacial score (nSPS) is 11.4. The van der Waals surface area contributed by atoms with E-state index in [4.69, 9.17) is 14.4 Å². The van der Waals surface area contributed by atoms with Crippen molar-refractivity contribution < 1.29 is 4.42 Å². The number of aromatic nitrogens is 2. The average Bonchev–Trinajstić information content (AvgIpc) is 3.71. The van der Waals surface area contributed by atoms with Crippen LogP contribution in [0.5, 0.6) is 0 Å². The second-order valence-corrected chi connectivity index (χ2v) is 14.5. The number of benzene rings is 9. The van der Waals surface area contributed by atoms with Crippen molar-refractivity contribution in [2.24, 2.45) is 0 Å². The van der Waals surface area contributed by atoms with Crippen LogP contribution in [0.2, 0.25) is 0 Å². The van der Waals surface area contributed by atoms with E-state index in [0.717, 1.165) is 88.6 Å². The Bertz CT molecular complexity index is 3170. The zero-order valence-corrected chi connectivity index (χ0v) is 31.5. The second kappa shape index (κ2) is 14.0. The van der Waals surface area contributed by atoms with Gasteiger partial charge in [0.2, 0.25) is 0 Å². The molecule has 0 fully saturated rings. The lowest BCUT2D eigenvalue weighted by molar-refractivity contribution is 0.670. The molecular weight excluding hydrogens is 707 g/mol. The fourth-order valence-corrected chi connectivity index (χ4v) is 8.28. The monoisotopic (exact) mass is 741 g/mol. The van der Waals surface area contributed by atoms with Gasteiger partial charge in [-0.2, -0.15) is 0 Å². The molecule has 4 nitrogen and oxygen atoms in total. The standard InChI is InChI=1S/C54H35N3O/c1-4-15-36(16-5-1)38-27-31-42(32-28-38)57(43-33-29-39(30-34-43)37-17-6-2-7-18-37)49-35-41-21-10-11-22-44(41)50-46-24-14-25-47(52(46)58-53(49)50)54-55-48-26-13-12-23-45(48)51(56-54)40-19-8-3-9-20-40/h1-35H. The zero-order chi connectivity index (χ0) is 38.4. The zero-order valence-electron chi connectivity index (χ0n) is 31.5. The van der Waals surface area contributed by atoms with Gasteiger partial charge < -0.3 is 9.32 Å². The second-order valence-electron chi connectivity index (χ2n) is 14.5. The molecule has 2 heterocycles. The number of hydrogen-bond acceptors (Lipinski definition) is 4. The maximum absolute atomic E-state index is 7.22. The van der Waals surface area contributed by atoms with Crippen LogP contribution in [-0.2, 0) is 0 Å². The molecule has 11 aromatic rings. The lowest BCUT2D eigenvalue weighted by Crippen LogP contribution is -2.10. The highest BCUT2D eigenvalue weighted by atomic mass is 16.3. The van der Waals surface area contributed by atoms with E-state index in [1.165, 1.54) is 11.1 Å². The molecule has 0 unspecified atom stereocenters. The Kier molecular flexibility index (Phi) is 8.11. The fourth-order valence-electron chi connectivity index (χ4n) is 8.28. The van der Waals surface area contributed by atoms with E-state index in [0.29, 0.717) is 5.82 Å². The van der Waals surface area contributed by atoms with E-state index in [1.807, 2.05) is 18.2 Å². The molecule has 4 heteroatoms. The SMILES string of the molecule is c1ccc(-c2ccc(N(c3ccc(-c4ccccc4)cc3)c3cc4ccccc4c4c3oc3c(-c5nc(-c6ccccc6)c6ccccc6n5)cccc34)cc2)cc1. The Morgan fingerprint density at radius 1 is 0.379 bits per heavy atom. The van der Waals surface area contributed by atoms with Gasteiger partial charge in [-0.15, -0.1) is 0 Å². The highest BCUT2D eigenvalue weighted by Gasteiger charge is 2.24. The Morgan fingerprint density at radius 3 is 1.53 bits per heavy atom. The molecule has 0 spiro atoms. The Morgan fingerprint density at radius 2 is 0.897 bits per heavy atom. The average molecular weight is 742 g/mol. The first-order valence-corrected chi connectivity index (χ1v) is 19.6. The molecule has 0 aliphatic heterocycles. The number of nitrogens with zero attached hydrogens (tertiary/aromatic N) is 3. The summed E-state index contributed by atoms with van der Waals surface area (Å²) < 4.78 is 7.22. The molecule has 0 amide bonds. The lowest BCUT2D eigenvalue weighted by atomic mass is 9.99. The summed E-state index contributed by atoms with van der Waals surface area (Å²) in [5, 5.41) is 5.33. The summed E-state index contributed by atoms with van der Waals surface area (Å²) in [7, 11) is 0. The first-order chi connectivity index (χ1) is 28.8. The summed E-state index contributed by atoms with van der Waals surface area (Å²) >= 11 is 0. The summed E-state index contributed by atoms with van der Waals surface area (Å²) in [6, 6.07) is 74.4. The van der Waals surface area contributed by atoms with Crippen LogP contribution in [0.1, 0.15) is 0 Å². The smallest absolute Gasteiger partial charge is 0.164 e. The third-order valence-electron chi connectivity index (χ3n) is 11.1. The molecule has 0 radical (unpaired) electrons. The summed E-state index contributed by atoms with van der Waals surface area (Å²) in [5.41, 5.74) is 12.9. The molecule has 11 rings (SSSR count). The van der Waals surface area contributed by atoms with Crippen LogP contribution < -0.4 is 4.90 Å². The molecule has 0 saturated carbocycles. The lowest BCUT2D eigenvalue weighted by Gasteiger charge is -2.26. The number of para-hydroxylation sites is 2. The van der Waals surface area contributed by atoms with Crippen molar-refractivity contribution in [2.45, 2.75) is 0 Å². The van der Waals surface area contributed by atoms with Crippen molar-refractivity contribution in [1.82, 2.24) is 9.97 Å². The maximum atomic E-state index is 7.22. The number of anilines is 3. The minimum absolute atomic E-state index is 0.623. The van der Waals surface area contributed by atoms with Crippen LogP contribution in [-0.4, -0.2) is 9.97 Å². The van der Waals surface area contributed by atoms with Crippen LogP contribution in [0, 0.1) is 0 Å². The molecule has 9 aromatic carbocycles. The Hall–Kier alpha value is -7.82. The van der Waals surface area contributed by atoms with Gasteiger partial charge in [0.25, 0.3) is 0 Å². The third kappa shape index (κ3) is 5.78. The van der Waals surface area contributed by atoms with Crippen LogP contribution in [0.3, 0.4) is 0 Å². The van der Waals surface area contributed by atoms with Crippen molar-refractivity contribution in [1.29, 1.82) is 0 Å². The van der Waals surface area contributed by atoms with Crippen molar-refractivity contribution in [3.63, 3.8) is 0 Å². The van der Waals surface area contributed by atoms with Gasteiger partial charge in [0.05, 0.1) is 22.5 Å². The number of furan rings is 1. The number of fused-ring (bicyclic) bond motifs is 6. The van der Waals surface area contributed by atoms with Gasteiger partial charge in [-0.3, -0.25) is 0 Å². The Labute approximate surface area is 335 Å². The molecule has 0 aliphatic rings. The van der Waals surface area contributed by atoms with Crippen molar-refractivity contribution in [3.05, 3.63) is 212 Å². The van der Waals surface area contributed by atoms with Crippen LogP contribution in [0.25, 0.3) is 88.5 Å².